The Balaban J connectivity index is 1.31. The second-order valence-electron chi connectivity index (χ2n) is 11.7. The lowest BCUT2D eigenvalue weighted by molar-refractivity contribution is -0.179. The standard InChI is InChI=1S/C35H38N2O5/c1-35(2,3)41-34(39)42-37-19-18-31(32(23-37)40-24-26-16-17-27-12-7-8-13-28(27)20-26)29-14-9-15-30(21-29)33(38)36-22-25-10-5-4-6-11-25/h4-17,20-21,31-32H,18-19,22-24H2,1-3H3,(H,36,38). The highest BCUT2D eigenvalue weighted by atomic mass is 16.8. The maximum Gasteiger partial charge on any atom is 0.528 e. The van der Waals surface area contributed by atoms with Crippen LogP contribution in [0, 0.1) is 0 Å². The molecule has 218 valence electrons. The topological polar surface area (TPSA) is 77.1 Å². The summed E-state index contributed by atoms with van der Waals surface area (Å²) >= 11 is 0. The van der Waals surface area contributed by atoms with Gasteiger partial charge in [-0.25, -0.2) is 4.79 Å². The van der Waals surface area contributed by atoms with Gasteiger partial charge in [0.05, 0.1) is 19.3 Å². The lowest BCUT2D eigenvalue weighted by Gasteiger charge is -2.37. The van der Waals surface area contributed by atoms with E-state index < -0.39 is 11.8 Å². The predicted molar refractivity (Wildman–Crippen MR) is 163 cm³/mol. The minimum Gasteiger partial charge on any atom is -0.427 e. The fraction of sp³-hybridized carbons (Fsp3) is 0.314. The number of piperidine rings is 1. The first-order chi connectivity index (χ1) is 20.2. The third-order valence-electron chi connectivity index (χ3n) is 7.27. The molecule has 0 radical (unpaired) electrons. The molecule has 2 atom stereocenters. The number of benzene rings is 4. The van der Waals surface area contributed by atoms with E-state index in [0.29, 0.717) is 38.2 Å². The number of hydrogen-bond acceptors (Lipinski definition) is 6. The van der Waals surface area contributed by atoms with Crippen molar-refractivity contribution in [1.29, 1.82) is 0 Å². The maximum absolute atomic E-state index is 13.0. The number of rotatable bonds is 8. The van der Waals surface area contributed by atoms with Crippen LogP contribution in [0.1, 0.15) is 60.2 Å². The fourth-order valence-corrected chi connectivity index (χ4v) is 5.22. The number of ether oxygens (including phenoxy) is 2. The molecule has 1 amide bonds. The molecule has 7 heteroatoms. The highest BCUT2D eigenvalue weighted by molar-refractivity contribution is 5.94. The summed E-state index contributed by atoms with van der Waals surface area (Å²) in [5.74, 6) is -0.120. The molecule has 0 aliphatic carbocycles. The Morgan fingerprint density at radius 1 is 0.857 bits per heavy atom. The zero-order valence-corrected chi connectivity index (χ0v) is 24.4. The van der Waals surface area contributed by atoms with Gasteiger partial charge in [-0.2, -0.15) is 0 Å². The van der Waals surface area contributed by atoms with E-state index in [9.17, 15) is 9.59 Å². The van der Waals surface area contributed by atoms with Crippen molar-refractivity contribution >= 4 is 22.8 Å². The van der Waals surface area contributed by atoms with E-state index in [1.54, 1.807) is 25.8 Å². The van der Waals surface area contributed by atoms with Crippen LogP contribution < -0.4 is 5.32 Å². The molecule has 0 spiro atoms. The lowest BCUT2D eigenvalue weighted by Crippen LogP contribution is -2.45. The van der Waals surface area contributed by atoms with Gasteiger partial charge in [-0.05, 0) is 72.9 Å². The molecule has 1 aliphatic heterocycles. The first-order valence-corrected chi connectivity index (χ1v) is 14.4. The number of hydroxylamine groups is 2. The molecule has 1 saturated heterocycles. The third kappa shape index (κ3) is 7.96. The number of hydrogen-bond donors (Lipinski definition) is 1. The summed E-state index contributed by atoms with van der Waals surface area (Å²) in [6, 6.07) is 32.1. The SMILES string of the molecule is CC(C)(C)OC(=O)ON1CCC(c2cccc(C(=O)NCc3ccccc3)c2)C(OCc2ccc3ccccc3c2)C1. The predicted octanol–water partition coefficient (Wildman–Crippen LogP) is 7.01. The molecule has 5 rings (SSSR count). The van der Waals surface area contributed by atoms with Gasteiger partial charge in [-0.1, -0.05) is 78.9 Å². The summed E-state index contributed by atoms with van der Waals surface area (Å²) in [5, 5.41) is 6.96. The van der Waals surface area contributed by atoms with E-state index in [1.165, 1.54) is 5.39 Å². The van der Waals surface area contributed by atoms with Crippen molar-refractivity contribution in [2.24, 2.45) is 0 Å². The van der Waals surface area contributed by atoms with Crippen molar-refractivity contribution < 1.29 is 23.9 Å². The zero-order chi connectivity index (χ0) is 29.5. The van der Waals surface area contributed by atoms with Gasteiger partial charge in [-0.15, -0.1) is 5.06 Å². The largest absolute Gasteiger partial charge is 0.528 e. The minimum atomic E-state index is -0.730. The molecule has 42 heavy (non-hydrogen) atoms. The quantitative estimate of drug-likeness (QED) is 0.231. The number of nitrogens with one attached hydrogen (secondary N) is 1. The minimum absolute atomic E-state index is 0.00539. The second-order valence-corrected chi connectivity index (χ2v) is 11.7. The van der Waals surface area contributed by atoms with E-state index >= 15 is 0 Å². The van der Waals surface area contributed by atoms with Gasteiger partial charge in [0.2, 0.25) is 0 Å². The summed E-state index contributed by atoms with van der Waals surface area (Å²) in [6.45, 7) is 7.17. The van der Waals surface area contributed by atoms with Crippen molar-refractivity contribution in [1.82, 2.24) is 10.4 Å². The first kappa shape index (κ1) is 29.3. The molecule has 0 bridgehead atoms. The number of carbonyl (C=O) groups is 2. The normalized spacial score (nSPS) is 17.5. The van der Waals surface area contributed by atoms with Crippen LogP contribution in [0.3, 0.4) is 0 Å². The molecule has 1 N–H and O–H groups in total. The third-order valence-corrected chi connectivity index (χ3v) is 7.27. The van der Waals surface area contributed by atoms with Gasteiger partial charge in [-0.3, -0.25) is 4.79 Å². The van der Waals surface area contributed by atoms with Crippen molar-refractivity contribution in [2.45, 2.75) is 58.0 Å². The van der Waals surface area contributed by atoms with Gasteiger partial charge >= 0.3 is 6.16 Å². The van der Waals surface area contributed by atoms with Crippen molar-refractivity contribution in [3.05, 3.63) is 119 Å². The molecule has 1 heterocycles. The van der Waals surface area contributed by atoms with Gasteiger partial charge in [0, 0.05) is 24.6 Å². The first-order valence-electron chi connectivity index (χ1n) is 14.4. The number of carbonyl (C=O) groups excluding carboxylic acids is 2. The molecule has 1 fully saturated rings. The van der Waals surface area contributed by atoms with Gasteiger partial charge in [0.15, 0.2) is 0 Å². The second kappa shape index (κ2) is 13.2. The molecule has 2 unspecified atom stereocenters. The Labute approximate surface area is 247 Å². The van der Waals surface area contributed by atoms with Crippen LogP contribution in [0.25, 0.3) is 10.8 Å². The van der Waals surface area contributed by atoms with E-state index in [2.05, 4.69) is 35.6 Å². The van der Waals surface area contributed by atoms with Crippen LogP contribution >= 0.6 is 0 Å². The summed E-state index contributed by atoms with van der Waals surface area (Å²) in [5.41, 5.74) is 3.07. The monoisotopic (exact) mass is 566 g/mol. The molecular formula is C35H38N2O5. The average Bonchev–Trinajstić information content (AvgIpc) is 2.98. The Morgan fingerprint density at radius 2 is 1.62 bits per heavy atom. The molecule has 0 saturated carbocycles. The van der Waals surface area contributed by atoms with E-state index in [1.807, 2.05) is 66.7 Å². The molecule has 1 aliphatic rings. The van der Waals surface area contributed by atoms with Gasteiger partial charge in [0.1, 0.15) is 5.60 Å². The van der Waals surface area contributed by atoms with Gasteiger partial charge in [0.25, 0.3) is 5.91 Å². The van der Waals surface area contributed by atoms with Crippen molar-refractivity contribution in [3.63, 3.8) is 0 Å². The summed E-state index contributed by atoms with van der Waals surface area (Å²) < 4.78 is 11.9. The average molecular weight is 567 g/mol. The summed E-state index contributed by atoms with van der Waals surface area (Å²) in [6.07, 6.45) is -0.332. The number of amides is 1. The van der Waals surface area contributed by atoms with Gasteiger partial charge < -0.3 is 19.6 Å². The van der Waals surface area contributed by atoms with E-state index in [-0.39, 0.29) is 17.9 Å². The van der Waals surface area contributed by atoms with Crippen LogP contribution in [0.2, 0.25) is 0 Å². The highest BCUT2D eigenvalue weighted by Crippen LogP contribution is 2.32. The van der Waals surface area contributed by atoms with Crippen LogP contribution in [-0.4, -0.2) is 41.9 Å². The van der Waals surface area contributed by atoms with Crippen LogP contribution in [0.4, 0.5) is 4.79 Å². The lowest BCUT2D eigenvalue weighted by atomic mass is 9.86. The maximum atomic E-state index is 13.0. The number of nitrogens with zero attached hydrogens (tertiary/aromatic N) is 1. The smallest absolute Gasteiger partial charge is 0.427 e. The Morgan fingerprint density at radius 3 is 2.40 bits per heavy atom. The molecule has 0 aromatic heterocycles. The molecule has 4 aromatic carbocycles. The van der Waals surface area contributed by atoms with E-state index in [4.69, 9.17) is 14.3 Å². The van der Waals surface area contributed by atoms with Crippen LogP contribution in [0.5, 0.6) is 0 Å². The molecular weight excluding hydrogens is 528 g/mol. The molecule has 4 aromatic rings. The fourth-order valence-electron chi connectivity index (χ4n) is 5.22. The number of fused-ring (bicyclic) bond motifs is 1. The van der Waals surface area contributed by atoms with E-state index in [0.717, 1.165) is 22.1 Å². The zero-order valence-electron chi connectivity index (χ0n) is 24.4. The molecule has 7 nitrogen and oxygen atoms in total. The Bertz CT molecular complexity index is 1510. The van der Waals surface area contributed by atoms with Crippen molar-refractivity contribution in [3.8, 4) is 0 Å². The van der Waals surface area contributed by atoms with Crippen LogP contribution in [0.15, 0.2) is 97.1 Å². The Hall–Kier alpha value is -4.20. The summed E-state index contributed by atoms with van der Waals surface area (Å²) in [4.78, 5) is 31.0. The van der Waals surface area contributed by atoms with Crippen molar-refractivity contribution in [2.75, 3.05) is 13.1 Å². The Kier molecular flexibility index (Phi) is 9.20. The highest BCUT2D eigenvalue weighted by Gasteiger charge is 2.34. The summed E-state index contributed by atoms with van der Waals surface area (Å²) in [7, 11) is 0. The van der Waals surface area contributed by atoms with Crippen LogP contribution in [-0.2, 0) is 27.5 Å².